The molecule has 0 bridgehead atoms. The number of carboxylic acids is 1. The molecule has 35 heavy (non-hydrogen) atoms. The van der Waals surface area contributed by atoms with E-state index in [1.54, 1.807) is 0 Å². The van der Waals surface area contributed by atoms with Gasteiger partial charge in [-0.2, -0.15) is 0 Å². The van der Waals surface area contributed by atoms with Gasteiger partial charge in [0.2, 0.25) is 0 Å². The molecule has 5 rings (SSSR count). The van der Waals surface area contributed by atoms with Gasteiger partial charge < -0.3 is 20.1 Å². The second-order valence-corrected chi connectivity index (χ2v) is 14.4. The van der Waals surface area contributed by atoms with E-state index in [0.717, 1.165) is 44.8 Å². The van der Waals surface area contributed by atoms with Gasteiger partial charge >= 0.3 is 5.97 Å². The molecule has 0 aromatic carbocycles. The highest BCUT2D eigenvalue weighted by atomic mass is 16.4. The molecule has 0 unspecified atom stereocenters. The Bertz CT molecular complexity index is 970. The Kier molecular flexibility index (Phi) is 5.40. The first-order valence-corrected chi connectivity index (χ1v) is 14.0. The Labute approximate surface area is 210 Å². The summed E-state index contributed by atoms with van der Waals surface area (Å²) in [5.74, 6) is -0.560. The maximum Gasteiger partial charge on any atom is 0.310 e. The smallest absolute Gasteiger partial charge is 0.310 e. The summed E-state index contributed by atoms with van der Waals surface area (Å²) in [7, 11) is 0. The number of hydrogen-bond acceptors (Lipinski definition) is 4. The molecular formula is C30H46O5. The molecule has 0 heterocycles. The van der Waals surface area contributed by atoms with E-state index in [0.29, 0.717) is 25.2 Å². The van der Waals surface area contributed by atoms with Crippen LogP contribution in [0.15, 0.2) is 11.6 Å². The van der Waals surface area contributed by atoms with Crippen molar-refractivity contribution in [2.45, 2.75) is 111 Å². The van der Waals surface area contributed by atoms with Crippen molar-refractivity contribution in [2.75, 3.05) is 0 Å². The van der Waals surface area contributed by atoms with E-state index in [1.807, 2.05) is 13.8 Å². The van der Waals surface area contributed by atoms with E-state index >= 15 is 0 Å². The van der Waals surface area contributed by atoms with E-state index in [1.165, 1.54) is 5.57 Å². The number of fused-ring (bicyclic) bond motifs is 7. The third-order valence-electron chi connectivity index (χ3n) is 13.4. The van der Waals surface area contributed by atoms with Crippen LogP contribution in [0.5, 0.6) is 0 Å². The number of carbonyl (C=O) groups excluding carboxylic acids is 1. The first kappa shape index (κ1) is 25.4. The molecule has 0 spiro atoms. The molecular weight excluding hydrogens is 440 g/mol. The Morgan fingerprint density at radius 2 is 1.66 bits per heavy atom. The summed E-state index contributed by atoms with van der Waals surface area (Å²) < 4.78 is 0. The van der Waals surface area contributed by atoms with Crippen molar-refractivity contribution in [1.29, 1.82) is 0 Å². The predicted octanol–water partition coefficient (Wildman–Crippen LogP) is 5.38. The Hall–Kier alpha value is -1.20. The van der Waals surface area contributed by atoms with Crippen LogP contribution < -0.4 is 0 Å². The first-order chi connectivity index (χ1) is 16.1. The maximum atomic E-state index is 12.8. The van der Waals surface area contributed by atoms with Gasteiger partial charge in [-0.25, -0.2) is 0 Å². The van der Waals surface area contributed by atoms with Crippen molar-refractivity contribution in [3.63, 3.8) is 0 Å². The number of allylic oxidation sites excluding steroid dienone is 1. The molecule has 4 saturated carbocycles. The number of aliphatic hydroxyl groups excluding tert-OH is 1. The van der Waals surface area contributed by atoms with Crippen LogP contribution in [0.1, 0.15) is 99.3 Å². The summed E-state index contributed by atoms with van der Waals surface area (Å²) in [6.07, 6.45) is 9.87. The number of aliphatic carboxylic acids is 1. The summed E-state index contributed by atoms with van der Waals surface area (Å²) in [5.41, 5.74) is -1.77. The lowest BCUT2D eigenvalue weighted by molar-refractivity contribution is -0.216. The van der Waals surface area contributed by atoms with E-state index in [9.17, 15) is 24.9 Å². The van der Waals surface area contributed by atoms with E-state index < -0.39 is 28.5 Å². The van der Waals surface area contributed by atoms with Crippen molar-refractivity contribution in [3.05, 3.63) is 11.6 Å². The summed E-state index contributed by atoms with van der Waals surface area (Å²) in [5, 5.41) is 33.3. The number of rotatable bonds is 2. The fourth-order valence-corrected chi connectivity index (χ4v) is 10.7. The highest BCUT2D eigenvalue weighted by molar-refractivity contribution is 5.77. The molecule has 11 atom stereocenters. The molecule has 196 valence electrons. The lowest BCUT2D eigenvalue weighted by Gasteiger charge is -2.71. The zero-order chi connectivity index (χ0) is 25.8. The average Bonchev–Trinajstić information content (AvgIpc) is 2.79. The van der Waals surface area contributed by atoms with Gasteiger partial charge in [0.25, 0.3) is 0 Å². The van der Waals surface area contributed by atoms with Gasteiger partial charge in [0.1, 0.15) is 6.29 Å². The van der Waals surface area contributed by atoms with Crippen LogP contribution in [0.25, 0.3) is 0 Å². The fourth-order valence-electron chi connectivity index (χ4n) is 10.7. The second kappa shape index (κ2) is 7.43. The second-order valence-electron chi connectivity index (χ2n) is 14.4. The van der Waals surface area contributed by atoms with Crippen molar-refractivity contribution < 1.29 is 24.9 Å². The number of carbonyl (C=O) groups is 2. The first-order valence-electron chi connectivity index (χ1n) is 14.0. The Balaban J connectivity index is 1.64. The van der Waals surface area contributed by atoms with E-state index in [4.69, 9.17) is 0 Å². The maximum absolute atomic E-state index is 12.8. The van der Waals surface area contributed by atoms with Gasteiger partial charge in [-0.3, -0.25) is 4.79 Å². The highest BCUT2D eigenvalue weighted by Crippen LogP contribution is 2.75. The lowest BCUT2D eigenvalue weighted by Crippen LogP contribution is -2.68. The zero-order valence-corrected chi connectivity index (χ0v) is 22.6. The topological polar surface area (TPSA) is 94.8 Å². The zero-order valence-electron chi connectivity index (χ0n) is 22.6. The van der Waals surface area contributed by atoms with Gasteiger partial charge in [-0.15, -0.1) is 0 Å². The molecule has 5 aliphatic rings. The quantitative estimate of drug-likeness (QED) is 0.360. The fraction of sp³-hybridized carbons (Fsp3) is 0.867. The van der Waals surface area contributed by atoms with Gasteiger partial charge in [0.05, 0.1) is 22.5 Å². The monoisotopic (exact) mass is 486 g/mol. The van der Waals surface area contributed by atoms with Gasteiger partial charge in [0, 0.05) is 5.92 Å². The molecule has 5 nitrogen and oxygen atoms in total. The number of aliphatic hydroxyl groups is 2. The van der Waals surface area contributed by atoms with Crippen molar-refractivity contribution in [3.8, 4) is 0 Å². The standard InChI is InChI=1S/C30H46O5/c1-18-9-14-30(24(33)34)16-15-27(4)19(23(30)29(18,6)35)7-8-21-25(2)12-11-22(32)26(3,17-31)20(25)10-13-28(21,27)5/h7,17-18,20-23,32,35H,8-16H2,1-6H3,(H,33,34)/t18-,20-,21-,22+,23-,25+,26+,27-,28-,29-,30+/m1/s1. The van der Waals surface area contributed by atoms with Crippen molar-refractivity contribution in [2.24, 2.45) is 50.7 Å². The van der Waals surface area contributed by atoms with Crippen LogP contribution in [-0.4, -0.2) is 39.3 Å². The third-order valence-corrected chi connectivity index (χ3v) is 13.4. The molecule has 0 aromatic rings. The molecule has 5 heteroatoms. The third kappa shape index (κ3) is 2.83. The van der Waals surface area contributed by atoms with Gasteiger partial charge in [-0.1, -0.05) is 46.3 Å². The molecule has 0 amide bonds. The molecule has 3 N–H and O–H groups in total. The largest absolute Gasteiger partial charge is 0.481 e. The van der Waals surface area contributed by atoms with Crippen LogP contribution in [0, 0.1) is 50.7 Å². The summed E-state index contributed by atoms with van der Waals surface area (Å²) in [6.45, 7) is 13.1. The van der Waals surface area contributed by atoms with Crippen molar-refractivity contribution in [1.82, 2.24) is 0 Å². The summed E-state index contributed by atoms with van der Waals surface area (Å²) >= 11 is 0. The lowest BCUT2D eigenvalue weighted by atomic mass is 9.33. The predicted molar refractivity (Wildman–Crippen MR) is 134 cm³/mol. The van der Waals surface area contributed by atoms with Crippen LogP contribution in [0.4, 0.5) is 0 Å². The number of carboxylic acid groups (broad SMARTS) is 1. The Morgan fingerprint density at radius 3 is 2.29 bits per heavy atom. The summed E-state index contributed by atoms with van der Waals surface area (Å²) in [4.78, 5) is 25.1. The van der Waals surface area contributed by atoms with E-state index in [2.05, 4.69) is 33.8 Å². The number of aldehydes is 1. The molecule has 4 fully saturated rings. The van der Waals surface area contributed by atoms with Crippen LogP contribution in [0.2, 0.25) is 0 Å². The van der Waals surface area contributed by atoms with Gasteiger partial charge in [-0.05, 0) is 98.7 Å². The SMILES string of the molecule is C[C@@H]1CC[C@]2(C(=O)O)CC[C@]3(C)C(=CC[C@@H]4[C@@]5(C)CC[C@H](O)[C@@](C)(C=O)[C@@H]5CC[C@]43C)[C@@H]2[C@]1(C)O. The minimum atomic E-state index is -1.06. The molecule has 0 radical (unpaired) electrons. The summed E-state index contributed by atoms with van der Waals surface area (Å²) in [6, 6.07) is 0. The highest BCUT2D eigenvalue weighted by Gasteiger charge is 2.71. The normalized spacial score (nSPS) is 57.6. The van der Waals surface area contributed by atoms with E-state index in [-0.39, 0.29) is 34.0 Å². The Morgan fingerprint density at radius 1 is 0.971 bits per heavy atom. The van der Waals surface area contributed by atoms with Crippen LogP contribution in [0.3, 0.4) is 0 Å². The van der Waals surface area contributed by atoms with Crippen LogP contribution >= 0.6 is 0 Å². The van der Waals surface area contributed by atoms with Crippen molar-refractivity contribution >= 4 is 12.3 Å². The molecule has 0 saturated heterocycles. The molecule has 0 aliphatic heterocycles. The minimum Gasteiger partial charge on any atom is -0.481 e. The minimum absolute atomic E-state index is 0.0458. The number of hydrogen-bond donors (Lipinski definition) is 3. The van der Waals surface area contributed by atoms with Gasteiger partial charge in [0.15, 0.2) is 0 Å². The molecule has 0 aromatic heterocycles. The average molecular weight is 487 g/mol. The van der Waals surface area contributed by atoms with Crippen LogP contribution in [-0.2, 0) is 9.59 Å². The molecule has 5 aliphatic carbocycles.